The number of hydrogen-bond acceptors (Lipinski definition) is 3. The fraction of sp³-hybridized carbons (Fsp3) is 0. The van der Waals surface area contributed by atoms with E-state index < -0.39 is 0 Å². The van der Waals surface area contributed by atoms with Gasteiger partial charge in [0.15, 0.2) is 0 Å². The number of anilines is 2. The molecule has 3 aromatic rings. The van der Waals surface area contributed by atoms with Crippen LogP contribution >= 0.6 is 0 Å². The van der Waals surface area contributed by atoms with Gasteiger partial charge in [0.25, 0.3) is 0 Å². The fourth-order valence-corrected chi connectivity index (χ4v) is 3.15. The Balaban J connectivity index is 1.76. The highest BCUT2D eigenvalue weighted by Crippen LogP contribution is 2.30. The number of hydrogen-bond donors (Lipinski definition) is 2. The number of rotatable bonds is 3. The van der Waals surface area contributed by atoms with Gasteiger partial charge in [-0.2, -0.15) is 0 Å². The van der Waals surface area contributed by atoms with Gasteiger partial charge in [-0.3, -0.25) is 0 Å². The summed E-state index contributed by atoms with van der Waals surface area (Å²) in [5.74, 6) is 0. The smallest absolute Gasteiger partial charge is 0.0637 e. The van der Waals surface area contributed by atoms with Gasteiger partial charge >= 0.3 is 0 Å². The van der Waals surface area contributed by atoms with Crippen LogP contribution in [-0.2, 0) is 0 Å². The Kier molecular flexibility index (Phi) is 4.89. The third kappa shape index (κ3) is 3.94. The second-order valence-electron chi connectivity index (χ2n) is 6.61. The molecule has 0 aromatic heterocycles. The van der Waals surface area contributed by atoms with E-state index in [1.165, 1.54) is 0 Å². The maximum atomic E-state index is 5.88. The summed E-state index contributed by atoms with van der Waals surface area (Å²) in [6.45, 7) is 0. The van der Waals surface area contributed by atoms with Gasteiger partial charge in [0, 0.05) is 11.4 Å². The van der Waals surface area contributed by atoms with Crippen LogP contribution in [0.4, 0.5) is 17.1 Å². The highest BCUT2D eigenvalue weighted by molar-refractivity contribution is 6.08. The van der Waals surface area contributed by atoms with Gasteiger partial charge in [0.1, 0.15) is 0 Å². The number of nitrogens with zero attached hydrogens (tertiary/aromatic N) is 1. The van der Waals surface area contributed by atoms with Crippen molar-refractivity contribution in [3.05, 3.63) is 120 Å². The maximum Gasteiger partial charge on any atom is 0.0637 e. The van der Waals surface area contributed by atoms with Crippen LogP contribution < -0.4 is 11.5 Å². The van der Waals surface area contributed by atoms with Gasteiger partial charge in [-0.25, -0.2) is 4.99 Å². The van der Waals surface area contributed by atoms with Gasteiger partial charge in [0.05, 0.1) is 11.4 Å². The molecule has 1 aliphatic carbocycles. The van der Waals surface area contributed by atoms with Crippen molar-refractivity contribution >= 4 is 28.3 Å². The molecule has 0 unspecified atom stereocenters. The molecule has 0 saturated carbocycles. The molecule has 0 amide bonds. The topological polar surface area (TPSA) is 64.4 Å². The normalized spacial score (nSPS) is 12.9. The number of aliphatic imine (C=N–C) groups is 1. The molecule has 0 radical (unpaired) electrons. The van der Waals surface area contributed by atoms with Gasteiger partial charge in [-0.15, -0.1) is 0 Å². The summed E-state index contributed by atoms with van der Waals surface area (Å²) in [5.41, 5.74) is 19.6. The zero-order valence-corrected chi connectivity index (χ0v) is 15.4. The average Bonchev–Trinajstić information content (AvgIpc) is 2.73. The maximum absolute atomic E-state index is 5.88. The lowest BCUT2D eigenvalue weighted by molar-refractivity contribution is 1.49. The van der Waals surface area contributed by atoms with E-state index in [9.17, 15) is 0 Å². The highest BCUT2D eigenvalue weighted by atomic mass is 14.7. The van der Waals surface area contributed by atoms with E-state index >= 15 is 0 Å². The van der Waals surface area contributed by atoms with E-state index in [2.05, 4.69) is 17.1 Å². The van der Waals surface area contributed by atoms with Gasteiger partial charge in [-0.05, 0) is 70.8 Å². The first kappa shape index (κ1) is 17.6. The largest absolute Gasteiger partial charge is 0.399 e. The average molecular weight is 363 g/mol. The molecule has 28 heavy (non-hydrogen) atoms. The van der Waals surface area contributed by atoms with Crippen molar-refractivity contribution in [3.63, 3.8) is 0 Å². The van der Waals surface area contributed by atoms with Crippen molar-refractivity contribution in [3.8, 4) is 0 Å². The molecule has 3 heteroatoms. The molecular weight excluding hydrogens is 342 g/mol. The van der Waals surface area contributed by atoms with E-state index in [1.807, 2.05) is 91.0 Å². The molecule has 0 fully saturated rings. The molecule has 0 saturated heterocycles. The lowest BCUT2D eigenvalue weighted by Gasteiger charge is -2.14. The van der Waals surface area contributed by atoms with Crippen molar-refractivity contribution in [1.82, 2.24) is 0 Å². The Labute approximate surface area is 165 Å². The molecular formula is C25H21N3. The zero-order chi connectivity index (χ0) is 19.3. The molecule has 0 bridgehead atoms. The number of benzene rings is 3. The lowest BCUT2D eigenvalue weighted by atomic mass is 9.90. The van der Waals surface area contributed by atoms with Crippen LogP contribution in [-0.4, -0.2) is 5.71 Å². The summed E-state index contributed by atoms with van der Waals surface area (Å²) >= 11 is 0. The first-order chi connectivity index (χ1) is 13.7. The first-order valence-corrected chi connectivity index (χ1v) is 9.15. The Morgan fingerprint density at radius 1 is 0.571 bits per heavy atom. The molecule has 4 N–H and O–H groups in total. The van der Waals surface area contributed by atoms with Crippen molar-refractivity contribution in [2.75, 3.05) is 11.5 Å². The third-order valence-electron chi connectivity index (χ3n) is 4.57. The van der Waals surface area contributed by atoms with Crippen LogP contribution in [0.15, 0.2) is 114 Å². The van der Waals surface area contributed by atoms with Crippen molar-refractivity contribution in [1.29, 1.82) is 0 Å². The molecule has 0 atom stereocenters. The van der Waals surface area contributed by atoms with E-state index in [4.69, 9.17) is 11.5 Å². The molecule has 0 heterocycles. The van der Waals surface area contributed by atoms with Gasteiger partial charge in [-0.1, -0.05) is 54.6 Å². The third-order valence-corrected chi connectivity index (χ3v) is 4.57. The monoisotopic (exact) mass is 363 g/mol. The number of allylic oxidation sites excluding steroid dienone is 5. The van der Waals surface area contributed by atoms with Crippen LogP contribution in [0.3, 0.4) is 0 Å². The Morgan fingerprint density at radius 3 is 1.57 bits per heavy atom. The Hall–Kier alpha value is -3.85. The SMILES string of the molecule is Nc1ccc(C(=C2C=CC(=Nc3ccccc3)C=C2)c2ccc(N)cc2)cc1. The van der Waals surface area contributed by atoms with Crippen molar-refractivity contribution in [2.45, 2.75) is 0 Å². The Morgan fingerprint density at radius 2 is 1.07 bits per heavy atom. The minimum absolute atomic E-state index is 0.748. The van der Waals surface area contributed by atoms with Gasteiger partial charge < -0.3 is 11.5 Å². The highest BCUT2D eigenvalue weighted by Gasteiger charge is 2.11. The second kappa shape index (κ2) is 7.80. The number of para-hydroxylation sites is 1. The van der Waals surface area contributed by atoms with Gasteiger partial charge in [0.2, 0.25) is 0 Å². The van der Waals surface area contributed by atoms with E-state index in [0.717, 1.165) is 45.0 Å². The minimum Gasteiger partial charge on any atom is -0.399 e. The van der Waals surface area contributed by atoms with E-state index in [1.54, 1.807) is 0 Å². The van der Waals surface area contributed by atoms with Crippen LogP contribution in [0.1, 0.15) is 11.1 Å². The molecule has 3 aromatic carbocycles. The quantitative estimate of drug-likeness (QED) is 0.599. The summed E-state index contributed by atoms with van der Waals surface area (Å²) in [6, 6.07) is 25.8. The zero-order valence-electron chi connectivity index (χ0n) is 15.4. The lowest BCUT2D eigenvalue weighted by Crippen LogP contribution is -1.98. The van der Waals surface area contributed by atoms with E-state index in [0.29, 0.717) is 0 Å². The summed E-state index contributed by atoms with van der Waals surface area (Å²) in [6.07, 6.45) is 8.28. The molecule has 3 nitrogen and oxygen atoms in total. The minimum atomic E-state index is 0.748. The summed E-state index contributed by atoms with van der Waals surface area (Å²) in [7, 11) is 0. The fourth-order valence-electron chi connectivity index (χ4n) is 3.15. The number of nitrogens with two attached hydrogens (primary N) is 2. The van der Waals surface area contributed by atoms with Crippen LogP contribution in [0.5, 0.6) is 0 Å². The van der Waals surface area contributed by atoms with Crippen LogP contribution in [0.25, 0.3) is 5.57 Å². The molecule has 0 spiro atoms. The van der Waals surface area contributed by atoms with E-state index in [-0.39, 0.29) is 0 Å². The molecule has 0 aliphatic heterocycles. The van der Waals surface area contributed by atoms with Crippen molar-refractivity contribution in [2.24, 2.45) is 4.99 Å². The molecule has 4 rings (SSSR count). The second-order valence-corrected chi connectivity index (χ2v) is 6.61. The summed E-state index contributed by atoms with van der Waals surface area (Å²) in [4.78, 5) is 4.67. The molecule has 136 valence electrons. The van der Waals surface area contributed by atoms with Crippen molar-refractivity contribution < 1.29 is 0 Å². The van der Waals surface area contributed by atoms with Crippen LogP contribution in [0.2, 0.25) is 0 Å². The first-order valence-electron chi connectivity index (χ1n) is 9.15. The Bertz CT molecular complexity index is 1020. The predicted molar refractivity (Wildman–Crippen MR) is 120 cm³/mol. The molecule has 1 aliphatic rings. The number of nitrogen functional groups attached to an aromatic ring is 2. The summed E-state index contributed by atoms with van der Waals surface area (Å²) < 4.78 is 0. The predicted octanol–water partition coefficient (Wildman–Crippen LogP) is 5.55. The van der Waals surface area contributed by atoms with Crippen LogP contribution in [0, 0.1) is 0 Å². The summed E-state index contributed by atoms with van der Waals surface area (Å²) in [5, 5.41) is 0. The standard InChI is InChI=1S/C25H21N3/c26-21-12-6-18(7-13-21)25(19-8-14-22(27)15-9-19)20-10-16-24(17-11-20)28-23-4-2-1-3-5-23/h1-17H,26-27H2.